The first kappa shape index (κ1) is 32.7. The molecular weight excluding hydrogens is 356 g/mol. The highest BCUT2D eigenvalue weighted by Gasteiger charge is 1.90. The Kier molecular flexibility index (Phi) is 42.6. The summed E-state index contributed by atoms with van der Waals surface area (Å²) in [5.74, 6) is 0. The summed E-state index contributed by atoms with van der Waals surface area (Å²) in [6, 6.07) is 16.2. The number of hydrogen-bond donors (Lipinski definition) is 4. The van der Waals surface area contributed by atoms with Crippen LogP contribution in [0.4, 0.5) is 0 Å². The van der Waals surface area contributed by atoms with E-state index < -0.39 is 0 Å². The van der Waals surface area contributed by atoms with E-state index in [0.29, 0.717) is 0 Å². The molecule has 0 amide bonds. The molecule has 27 heavy (non-hydrogen) atoms. The maximum atomic E-state index is 8.00. The van der Waals surface area contributed by atoms with Crippen molar-refractivity contribution in [3.8, 4) is 0 Å². The molecule has 0 aliphatic carbocycles. The van der Waals surface area contributed by atoms with Crippen LogP contribution in [0.2, 0.25) is 0 Å². The highest BCUT2D eigenvalue weighted by atomic mass is 32.1. The molecule has 2 aromatic rings. The Morgan fingerprint density at radius 3 is 1.70 bits per heavy atom. The summed E-state index contributed by atoms with van der Waals surface area (Å²) in [5.41, 5.74) is 10.2. The molecule has 0 atom stereocenters. The van der Waals surface area contributed by atoms with Crippen molar-refractivity contribution in [1.29, 1.82) is 0 Å². The standard InChI is InChI=1S/C8H11NS.C6H6.C2H6N2.C2H6.CH5N.CH2O.CH4/c1-2-5-9-7-8-4-3-6-10-8;1-2-4-6-5-3-1;1-2-4-3-1;3*1-2;/h2-6,9H,7H2,1H3;1-6H;3-4H,1-2H2;1-2H3;2H2,1H3;1H2;1H4/b5-2+;;;;;;. The molecule has 1 aromatic heterocycles. The number of carbonyl (C=O) groups excluding carboxylic acids is 1. The van der Waals surface area contributed by atoms with Crippen LogP contribution in [0, 0.1) is 0 Å². The van der Waals surface area contributed by atoms with Gasteiger partial charge in [-0.3, -0.25) is 10.9 Å². The van der Waals surface area contributed by atoms with Gasteiger partial charge in [0.1, 0.15) is 6.79 Å². The molecule has 1 aliphatic heterocycles. The average Bonchev–Trinajstić information content (AvgIpc) is 3.21. The zero-order valence-corrected chi connectivity index (χ0v) is 17.4. The van der Waals surface area contributed by atoms with Crippen LogP contribution in [0.25, 0.3) is 0 Å². The van der Waals surface area contributed by atoms with Crippen molar-refractivity contribution in [3.05, 3.63) is 71.1 Å². The molecule has 3 rings (SSSR count). The van der Waals surface area contributed by atoms with Gasteiger partial charge in [-0.15, -0.1) is 11.3 Å². The van der Waals surface area contributed by atoms with Crippen LogP contribution < -0.4 is 21.9 Å². The molecular formula is C21H40N4OS. The molecule has 1 saturated heterocycles. The van der Waals surface area contributed by atoms with Crippen molar-refractivity contribution < 1.29 is 4.79 Å². The highest BCUT2D eigenvalue weighted by molar-refractivity contribution is 7.09. The number of benzene rings is 1. The number of rotatable bonds is 3. The molecule has 1 aromatic carbocycles. The molecule has 0 bridgehead atoms. The van der Waals surface area contributed by atoms with Gasteiger partial charge in [0.05, 0.1) is 0 Å². The van der Waals surface area contributed by atoms with Gasteiger partial charge in [-0.25, -0.2) is 0 Å². The molecule has 0 unspecified atom stereocenters. The average molecular weight is 397 g/mol. The van der Waals surface area contributed by atoms with Crippen molar-refractivity contribution in [3.63, 3.8) is 0 Å². The third-order valence-corrected chi connectivity index (χ3v) is 3.18. The van der Waals surface area contributed by atoms with Gasteiger partial charge in [-0.05, 0) is 31.6 Å². The topological polar surface area (TPSA) is 79.2 Å². The predicted molar refractivity (Wildman–Crippen MR) is 124 cm³/mol. The SMILES string of the molecule is C.C/C=C/NCc1cccs1.C1CNN1.C=O.CC.CN.c1ccccc1. The fourth-order valence-corrected chi connectivity index (χ4v) is 1.86. The summed E-state index contributed by atoms with van der Waals surface area (Å²) in [7, 11) is 1.50. The first-order valence-electron chi connectivity index (χ1n) is 8.62. The second kappa shape index (κ2) is 35.2. The summed E-state index contributed by atoms with van der Waals surface area (Å²) < 4.78 is 0. The van der Waals surface area contributed by atoms with Crippen LogP contribution in [0.1, 0.15) is 33.1 Å². The summed E-state index contributed by atoms with van der Waals surface area (Å²) in [5, 5.41) is 5.26. The first-order chi connectivity index (χ1) is 12.9. The van der Waals surface area contributed by atoms with Gasteiger partial charge in [0, 0.05) is 24.5 Å². The van der Waals surface area contributed by atoms with Crippen LogP contribution in [-0.2, 0) is 11.3 Å². The number of nitrogens with two attached hydrogens (primary N) is 1. The van der Waals surface area contributed by atoms with Gasteiger partial charge in [-0.1, -0.05) is 69.8 Å². The number of thiophene rings is 1. The quantitative estimate of drug-likeness (QED) is 0.625. The summed E-state index contributed by atoms with van der Waals surface area (Å²) in [6.45, 7) is 11.2. The minimum atomic E-state index is 0. The van der Waals surface area contributed by atoms with Gasteiger partial charge < -0.3 is 15.8 Å². The zero-order chi connectivity index (χ0) is 20.3. The smallest absolute Gasteiger partial charge is 0.106 e. The van der Waals surface area contributed by atoms with E-state index in [1.54, 1.807) is 11.3 Å². The molecule has 0 spiro atoms. The predicted octanol–water partition coefficient (Wildman–Crippen LogP) is 4.20. The highest BCUT2D eigenvalue weighted by Crippen LogP contribution is 2.06. The molecule has 2 heterocycles. The van der Waals surface area contributed by atoms with Crippen molar-refractivity contribution in [1.82, 2.24) is 16.2 Å². The number of allylic oxidation sites excluding steroid dienone is 1. The van der Waals surface area contributed by atoms with E-state index in [-0.39, 0.29) is 7.43 Å². The Balaban J connectivity index is -0.000000134. The molecule has 5 N–H and O–H groups in total. The summed E-state index contributed by atoms with van der Waals surface area (Å²) in [4.78, 5) is 9.37. The Morgan fingerprint density at radius 2 is 1.44 bits per heavy atom. The summed E-state index contributed by atoms with van der Waals surface area (Å²) >= 11 is 1.78. The molecule has 6 heteroatoms. The van der Waals surface area contributed by atoms with Crippen LogP contribution in [-0.4, -0.2) is 26.9 Å². The minimum Gasteiger partial charge on any atom is -0.386 e. The van der Waals surface area contributed by atoms with E-state index in [1.165, 1.54) is 11.9 Å². The van der Waals surface area contributed by atoms with E-state index in [2.05, 4.69) is 39.4 Å². The van der Waals surface area contributed by atoms with Gasteiger partial charge in [-0.2, -0.15) is 0 Å². The van der Waals surface area contributed by atoms with Crippen molar-refractivity contribution in [2.75, 3.05) is 20.1 Å². The third-order valence-electron chi connectivity index (χ3n) is 2.31. The van der Waals surface area contributed by atoms with Gasteiger partial charge in [0.15, 0.2) is 0 Å². The maximum Gasteiger partial charge on any atom is 0.106 e. The Hall–Kier alpha value is -1.99. The fraction of sp³-hybridized carbons (Fsp3) is 0.381. The van der Waals surface area contributed by atoms with Crippen LogP contribution in [0.5, 0.6) is 0 Å². The molecule has 1 aliphatic rings. The van der Waals surface area contributed by atoms with E-state index in [9.17, 15) is 0 Å². The Bertz CT molecular complexity index is 416. The first-order valence-corrected chi connectivity index (χ1v) is 9.50. The largest absolute Gasteiger partial charge is 0.386 e. The third kappa shape index (κ3) is 29.0. The fourth-order valence-electron chi connectivity index (χ4n) is 1.20. The maximum absolute atomic E-state index is 8.00. The lowest BCUT2D eigenvalue weighted by Crippen LogP contribution is -2.49. The van der Waals surface area contributed by atoms with Crippen LogP contribution >= 0.6 is 11.3 Å². The van der Waals surface area contributed by atoms with Gasteiger partial charge in [0.25, 0.3) is 0 Å². The van der Waals surface area contributed by atoms with E-state index in [1.807, 2.05) is 76.2 Å². The monoisotopic (exact) mass is 396 g/mol. The van der Waals surface area contributed by atoms with Gasteiger partial charge in [0.2, 0.25) is 0 Å². The second-order valence-corrected chi connectivity index (χ2v) is 5.00. The van der Waals surface area contributed by atoms with E-state index in [0.717, 1.165) is 19.6 Å². The van der Waals surface area contributed by atoms with Crippen LogP contribution in [0.3, 0.4) is 0 Å². The van der Waals surface area contributed by atoms with Crippen molar-refractivity contribution in [2.24, 2.45) is 5.73 Å². The van der Waals surface area contributed by atoms with Crippen LogP contribution in [0.15, 0.2) is 66.2 Å². The molecule has 156 valence electrons. The van der Waals surface area contributed by atoms with Crippen molar-refractivity contribution >= 4 is 18.1 Å². The lowest BCUT2D eigenvalue weighted by Gasteiger charge is -2.13. The van der Waals surface area contributed by atoms with E-state index in [4.69, 9.17) is 4.79 Å². The van der Waals surface area contributed by atoms with Gasteiger partial charge >= 0.3 is 0 Å². The molecule has 0 radical (unpaired) electrons. The normalized spacial score (nSPS) is 9.81. The number of carbonyl (C=O) groups is 1. The second-order valence-electron chi connectivity index (χ2n) is 3.97. The Labute approximate surface area is 171 Å². The lowest BCUT2D eigenvalue weighted by atomic mass is 10.4. The minimum absolute atomic E-state index is 0. The molecule has 1 fully saturated rings. The molecule has 0 saturated carbocycles. The number of hydrazine groups is 1. The summed E-state index contributed by atoms with van der Waals surface area (Å²) in [6.07, 6.45) is 3.95. The number of hydrogen-bond acceptors (Lipinski definition) is 6. The zero-order valence-electron chi connectivity index (χ0n) is 16.6. The molecule has 5 nitrogen and oxygen atoms in total. The lowest BCUT2D eigenvalue weighted by molar-refractivity contribution is -0.0979. The van der Waals surface area contributed by atoms with Crippen molar-refractivity contribution in [2.45, 2.75) is 34.7 Å². The number of nitrogens with one attached hydrogen (secondary N) is 3. The van der Waals surface area contributed by atoms with E-state index >= 15 is 0 Å². The Morgan fingerprint density at radius 1 is 1.04 bits per heavy atom.